The van der Waals surface area contributed by atoms with E-state index in [1.807, 2.05) is 13.1 Å². The molecule has 66 valence electrons. The first kappa shape index (κ1) is 9.04. The Labute approximate surface area is 74.3 Å². The molecule has 0 saturated heterocycles. The Kier molecular flexibility index (Phi) is 3.09. The third-order valence-corrected chi connectivity index (χ3v) is 2.16. The predicted octanol–water partition coefficient (Wildman–Crippen LogP) is 1.85. The van der Waals surface area contributed by atoms with Gasteiger partial charge in [-0.15, -0.1) is 0 Å². The molecule has 1 heterocycles. The highest BCUT2D eigenvalue weighted by molar-refractivity contribution is 5.91. The molecule has 0 radical (unpaired) electrons. The molecule has 0 fully saturated rings. The van der Waals surface area contributed by atoms with E-state index in [0.717, 1.165) is 6.42 Å². The number of rotatable bonds is 2. The van der Waals surface area contributed by atoms with E-state index in [0.29, 0.717) is 6.04 Å². The maximum Gasteiger partial charge on any atom is 0.0847 e. The van der Waals surface area contributed by atoms with Crippen LogP contribution in [0.5, 0.6) is 0 Å². The molecule has 0 aromatic rings. The number of hydrogen-bond acceptors (Lipinski definition) is 2. The molecule has 0 bridgehead atoms. The molecule has 0 amide bonds. The average Bonchev–Trinajstić information content (AvgIpc) is 2.10. The van der Waals surface area contributed by atoms with Crippen LogP contribution in [0.3, 0.4) is 0 Å². The molecule has 1 aliphatic heterocycles. The summed E-state index contributed by atoms with van der Waals surface area (Å²) in [5, 5.41) is 0. The minimum Gasteiger partial charge on any atom is -0.369 e. The lowest BCUT2D eigenvalue weighted by atomic mass is 10.1. The Bertz CT molecular complexity index is 226. The lowest BCUT2D eigenvalue weighted by molar-refractivity contribution is 0.448. The van der Waals surface area contributed by atoms with E-state index in [4.69, 9.17) is 0 Å². The molecule has 2 heteroatoms. The number of likely N-dealkylation sites (N-methyl/N-ethyl adjacent to an activating group) is 1. The third-order valence-electron chi connectivity index (χ3n) is 2.16. The van der Waals surface area contributed by atoms with Crippen molar-refractivity contribution < 1.29 is 0 Å². The third kappa shape index (κ3) is 1.76. The highest BCUT2D eigenvalue weighted by Crippen LogP contribution is 2.09. The maximum atomic E-state index is 4.27. The number of allylic oxidation sites excluding steroid dienone is 2. The van der Waals surface area contributed by atoms with Crippen molar-refractivity contribution in [3.05, 3.63) is 24.4 Å². The Morgan fingerprint density at radius 2 is 2.25 bits per heavy atom. The van der Waals surface area contributed by atoms with Crippen molar-refractivity contribution in [2.45, 2.75) is 19.4 Å². The molecule has 0 N–H and O–H groups in total. The summed E-state index contributed by atoms with van der Waals surface area (Å²) in [6, 6.07) is 0.366. The summed E-state index contributed by atoms with van der Waals surface area (Å²) in [6.07, 6.45) is 9.38. The van der Waals surface area contributed by atoms with E-state index in [2.05, 4.69) is 42.2 Å². The lowest BCUT2D eigenvalue weighted by Crippen LogP contribution is -2.34. The van der Waals surface area contributed by atoms with Gasteiger partial charge in [-0.2, -0.15) is 0 Å². The van der Waals surface area contributed by atoms with Crippen LogP contribution < -0.4 is 0 Å². The van der Waals surface area contributed by atoms with Crippen molar-refractivity contribution in [1.29, 1.82) is 0 Å². The van der Waals surface area contributed by atoms with Crippen LogP contribution >= 0.6 is 0 Å². The standard InChI is InChI=1S/C10H16N2/c1-4-9(11-2)10-7-5-6-8-12(10)3/h5-8,10H,4H2,1-3H3/b11-9+. The fraction of sp³-hybridized carbons (Fsp3) is 0.500. The second-order valence-corrected chi connectivity index (χ2v) is 2.91. The number of aliphatic imine (C=N–C) groups is 1. The fourth-order valence-corrected chi connectivity index (χ4v) is 1.43. The summed E-state index contributed by atoms with van der Waals surface area (Å²) >= 11 is 0. The molecular formula is C10H16N2. The molecule has 1 aliphatic rings. The van der Waals surface area contributed by atoms with Gasteiger partial charge in [0.05, 0.1) is 6.04 Å². The maximum absolute atomic E-state index is 4.27. The molecule has 12 heavy (non-hydrogen) atoms. The van der Waals surface area contributed by atoms with Gasteiger partial charge in [0.1, 0.15) is 0 Å². The van der Waals surface area contributed by atoms with Gasteiger partial charge in [-0.05, 0) is 18.7 Å². The predicted molar refractivity (Wildman–Crippen MR) is 53.5 cm³/mol. The van der Waals surface area contributed by atoms with Gasteiger partial charge in [0.15, 0.2) is 0 Å². The molecular weight excluding hydrogens is 148 g/mol. The van der Waals surface area contributed by atoms with E-state index >= 15 is 0 Å². The van der Waals surface area contributed by atoms with Crippen LogP contribution in [0, 0.1) is 0 Å². The lowest BCUT2D eigenvalue weighted by Gasteiger charge is -2.26. The van der Waals surface area contributed by atoms with Gasteiger partial charge in [-0.1, -0.05) is 19.1 Å². The summed E-state index contributed by atoms with van der Waals surface area (Å²) in [4.78, 5) is 6.44. The van der Waals surface area contributed by atoms with Crippen LogP contribution in [0.25, 0.3) is 0 Å². The first-order valence-corrected chi connectivity index (χ1v) is 4.32. The first-order chi connectivity index (χ1) is 5.79. The Hall–Kier alpha value is -1.05. The zero-order chi connectivity index (χ0) is 8.97. The molecule has 2 nitrogen and oxygen atoms in total. The first-order valence-electron chi connectivity index (χ1n) is 4.32. The second kappa shape index (κ2) is 4.10. The van der Waals surface area contributed by atoms with Crippen molar-refractivity contribution in [3.63, 3.8) is 0 Å². The fourth-order valence-electron chi connectivity index (χ4n) is 1.43. The van der Waals surface area contributed by atoms with Gasteiger partial charge >= 0.3 is 0 Å². The van der Waals surface area contributed by atoms with E-state index < -0.39 is 0 Å². The van der Waals surface area contributed by atoms with Crippen LogP contribution in [-0.4, -0.2) is 30.7 Å². The zero-order valence-electron chi connectivity index (χ0n) is 7.99. The van der Waals surface area contributed by atoms with E-state index in [1.54, 1.807) is 0 Å². The molecule has 0 spiro atoms. The largest absolute Gasteiger partial charge is 0.369 e. The SMILES string of the molecule is CC/C(=N\C)C1C=CC=CN1C. The molecule has 0 aromatic carbocycles. The molecule has 0 aromatic heterocycles. The van der Waals surface area contributed by atoms with Crippen molar-refractivity contribution in [2.75, 3.05) is 14.1 Å². The molecule has 1 rings (SSSR count). The van der Waals surface area contributed by atoms with Crippen molar-refractivity contribution in [1.82, 2.24) is 4.90 Å². The van der Waals surface area contributed by atoms with Crippen LogP contribution in [0.1, 0.15) is 13.3 Å². The summed E-state index contributed by atoms with van der Waals surface area (Å²) in [5.74, 6) is 0. The second-order valence-electron chi connectivity index (χ2n) is 2.91. The summed E-state index contributed by atoms with van der Waals surface area (Å²) in [6.45, 7) is 2.14. The minimum absolute atomic E-state index is 0.366. The van der Waals surface area contributed by atoms with E-state index in [9.17, 15) is 0 Å². The van der Waals surface area contributed by atoms with E-state index in [1.165, 1.54) is 5.71 Å². The quantitative estimate of drug-likeness (QED) is 0.569. The Morgan fingerprint density at radius 1 is 1.50 bits per heavy atom. The summed E-state index contributed by atoms with van der Waals surface area (Å²) in [7, 11) is 3.93. The van der Waals surface area contributed by atoms with Crippen LogP contribution in [0.2, 0.25) is 0 Å². The highest BCUT2D eigenvalue weighted by atomic mass is 15.1. The van der Waals surface area contributed by atoms with Gasteiger partial charge in [0, 0.05) is 19.8 Å². The van der Waals surface area contributed by atoms with Crippen LogP contribution in [-0.2, 0) is 0 Å². The summed E-state index contributed by atoms with van der Waals surface area (Å²) < 4.78 is 0. The number of nitrogens with zero attached hydrogens (tertiary/aromatic N) is 2. The van der Waals surface area contributed by atoms with Gasteiger partial charge in [0.2, 0.25) is 0 Å². The van der Waals surface area contributed by atoms with Gasteiger partial charge < -0.3 is 4.90 Å². The topological polar surface area (TPSA) is 15.6 Å². The smallest absolute Gasteiger partial charge is 0.0847 e. The normalized spacial score (nSPS) is 23.4. The monoisotopic (exact) mass is 164 g/mol. The highest BCUT2D eigenvalue weighted by Gasteiger charge is 2.14. The Balaban J connectivity index is 2.74. The van der Waals surface area contributed by atoms with Crippen LogP contribution in [0.4, 0.5) is 0 Å². The van der Waals surface area contributed by atoms with Crippen molar-refractivity contribution >= 4 is 5.71 Å². The minimum atomic E-state index is 0.366. The van der Waals surface area contributed by atoms with Crippen LogP contribution in [0.15, 0.2) is 29.4 Å². The van der Waals surface area contributed by atoms with Gasteiger partial charge in [-0.3, -0.25) is 4.99 Å². The van der Waals surface area contributed by atoms with Gasteiger partial charge in [0.25, 0.3) is 0 Å². The molecule has 1 unspecified atom stereocenters. The van der Waals surface area contributed by atoms with E-state index in [-0.39, 0.29) is 0 Å². The molecule has 0 aliphatic carbocycles. The van der Waals surface area contributed by atoms with Gasteiger partial charge in [-0.25, -0.2) is 0 Å². The number of hydrogen-bond donors (Lipinski definition) is 0. The van der Waals surface area contributed by atoms with Crippen molar-refractivity contribution in [2.24, 2.45) is 4.99 Å². The Morgan fingerprint density at radius 3 is 2.75 bits per heavy atom. The average molecular weight is 164 g/mol. The molecule has 0 saturated carbocycles. The zero-order valence-corrected chi connectivity index (χ0v) is 7.99. The molecule has 1 atom stereocenters. The summed E-state index contributed by atoms with van der Waals surface area (Å²) in [5.41, 5.74) is 1.23. The van der Waals surface area contributed by atoms with Crippen molar-refractivity contribution in [3.8, 4) is 0 Å².